The molecule has 0 saturated heterocycles. The van der Waals surface area contributed by atoms with Crippen molar-refractivity contribution >= 4 is 21.1 Å². The van der Waals surface area contributed by atoms with Crippen molar-refractivity contribution in [2.45, 2.75) is 32.2 Å². The van der Waals surface area contributed by atoms with E-state index in [0.717, 1.165) is 12.8 Å². The van der Waals surface area contributed by atoms with Gasteiger partial charge in [0.25, 0.3) is 0 Å². The van der Waals surface area contributed by atoms with Crippen molar-refractivity contribution in [3.05, 3.63) is 0 Å². The first-order chi connectivity index (χ1) is 7.65. The minimum atomic E-state index is -0.431. The minimum absolute atomic E-state index is 0.119. The molecule has 2 unspecified atom stereocenters. The second-order valence-corrected chi connectivity index (χ2v) is 3.91. The summed E-state index contributed by atoms with van der Waals surface area (Å²) >= 11 is 0. The van der Waals surface area contributed by atoms with E-state index >= 15 is 0 Å². The lowest BCUT2D eigenvalue weighted by Crippen LogP contribution is -2.47. The van der Waals surface area contributed by atoms with Crippen LogP contribution in [0.1, 0.15) is 26.2 Å². The summed E-state index contributed by atoms with van der Waals surface area (Å²) in [6.07, 6.45) is 2.66. The molecular weight excluding hydrogens is 225 g/mol. The maximum Gasteiger partial charge on any atom is 0.242 e. The van der Waals surface area contributed by atoms with Crippen LogP contribution >= 0.6 is 9.24 Å². The molecule has 0 saturated carbocycles. The number of carbonyl (C=O) groups excluding carboxylic acids is 2. The van der Waals surface area contributed by atoms with Crippen LogP contribution in [0, 0.1) is 0 Å². The number of rotatable bonds is 8. The fourth-order valence-electron chi connectivity index (χ4n) is 1.31. The van der Waals surface area contributed by atoms with Crippen molar-refractivity contribution < 1.29 is 9.59 Å². The highest BCUT2D eigenvalue weighted by atomic mass is 31.0. The predicted octanol–water partition coefficient (Wildman–Crippen LogP) is -0.389. The van der Waals surface area contributed by atoms with Crippen molar-refractivity contribution in [3.8, 4) is 0 Å². The summed E-state index contributed by atoms with van der Waals surface area (Å²) in [5, 5.41) is 5.41. The monoisotopic (exact) mass is 247 g/mol. The van der Waals surface area contributed by atoms with Gasteiger partial charge in [0.15, 0.2) is 0 Å². The standard InChI is InChI=1S/C10H22N3O2P/c1-2-12-10(15)8(5-3-4-6-11)13-9(14)7-16/h8H,2-7,11,16H2,1H3,(H,12,15)(H,13,14). The molecule has 6 heteroatoms. The van der Waals surface area contributed by atoms with E-state index in [1.807, 2.05) is 6.92 Å². The fraction of sp³-hybridized carbons (Fsp3) is 0.800. The molecule has 0 rings (SSSR count). The van der Waals surface area contributed by atoms with E-state index in [0.29, 0.717) is 25.7 Å². The van der Waals surface area contributed by atoms with Gasteiger partial charge in [-0.25, -0.2) is 0 Å². The van der Waals surface area contributed by atoms with Crippen LogP contribution in [-0.4, -0.2) is 37.1 Å². The molecule has 0 aromatic carbocycles. The number of nitrogens with two attached hydrogens (primary N) is 1. The van der Waals surface area contributed by atoms with Crippen molar-refractivity contribution in [2.24, 2.45) is 5.73 Å². The molecule has 0 aliphatic carbocycles. The van der Waals surface area contributed by atoms with Crippen LogP contribution < -0.4 is 16.4 Å². The Morgan fingerprint density at radius 3 is 2.56 bits per heavy atom. The van der Waals surface area contributed by atoms with Crippen LogP contribution in [0.5, 0.6) is 0 Å². The summed E-state index contributed by atoms with van der Waals surface area (Å²) in [6.45, 7) is 3.04. The van der Waals surface area contributed by atoms with Crippen LogP contribution in [0.4, 0.5) is 0 Å². The topological polar surface area (TPSA) is 84.2 Å². The zero-order valence-corrected chi connectivity index (χ0v) is 10.9. The lowest BCUT2D eigenvalue weighted by Gasteiger charge is -2.17. The lowest BCUT2D eigenvalue weighted by atomic mass is 10.1. The Labute approximate surface area is 99.1 Å². The van der Waals surface area contributed by atoms with Crippen LogP contribution in [0.25, 0.3) is 0 Å². The first-order valence-electron chi connectivity index (χ1n) is 5.62. The van der Waals surface area contributed by atoms with Gasteiger partial charge < -0.3 is 16.4 Å². The summed E-state index contributed by atoms with van der Waals surface area (Å²) in [4.78, 5) is 22.9. The van der Waals surface area contributed by atoms with E-state index in [1.165, 1.54) is 0 Å². The number of likely N-dealkylation sites (N-methyl/N-ethyl adjacent to an activating group) is 1. The molecule has 0 heterocycles. The Bertz CT molecular complexity index is 224. The Balaban J connectivity index is 4.14. The smallest absolute Gasteiger partial charge is 0.242 e. The molecule has 2 amide bonds. The Morgan fingerprint density at radius 1 is 1.38 bits per heavy atom. The third kappa shape index (κ3) is 6.75. The maximum absolute atomic E-state index is 11.6. The van der Waals surface area contributed by atoms with Gasteiger partial charge in [-0.2, -0.15) is 0 Å². The summed E-state index contributed by atoms with van der Waals surface area (Å²) in [7, 11) is 2.34. The number of hydrogen-bond acceptors (Lipinski definition) is 3. The van der Waals surface area contributed by atoms with Gasteiger partial charge in [0.2, 0.25) is 11.8 Å². The van der Waals surface area contributed by atoms with Gasteiger partial charge in [0.1, 0.15) is 6.04 Å². The van der Waals surface area contributed by atoms with Gasteiger partial charge in [-0.3, -0.25) is 9.59 Å². The number of carbonyl (C=O) groups is 2. The van der Waals surface area contributed by atoms with E-state index < -0.39 is 6.04 Å². The van der Waals surface area contributed by atoms with Gasteiger partial charge in [-0.1, -0.05) is 0 Å². The Kier molecular flexibility index (Phi) is 9.15. The summed E-state index contributed by atoms with van der Waals surface area (Å²) in [5.41, 5.74) is 5.39. The lowest BCUT2D eigenvalue weighted by molar-refractivity contribution is -0.128. The third-order valence-corrected chi connectivity index (χ3v) is 2.51. The summed E-state index contributed by atoms with van der Waals surface area (Å²) in [6, 6.07) is -0.431. The van der Waals surface area contributed by atoms with Crippen LogP contribution in [0.3, 0.4) is 0 Å². The molecule has 0 radical (unpaired) electrons. The average Bonchev–Trinajstić information content (AvgIpc) is 2.28. The second kappa shape index (κ2) is 9.55. The molecule has 0 aromatic heterocycles. The molecule has 0 spiro atoms. The van der Waals surface area contributed by atoms with Crippen molar-refractivity contribution in [1.29, 1.82) is 0 Å². The molecule has 0 bridgehead atoms. The molecule has 5 nitrogen and oxygen atoms in total. The van der Waals surface area contributed by atoms with Crippen LogP contribution in [0.2, 0.25) is 0 Å². The highest BCUT2D eigenvalue weighted by molar-refractivity contribution is 7.18. The molecule has 0 aromatic rings. The third-order valence-electron chi connectivity index (χ3n) is 2.14. The highest BCUT2D eigenvalue weighted by Gasteiger charge is 2.18. The van der Waals surface area contributed by atoms with Gasteiger partial charge in [-0.15, -0.1) is 9.24 Å². The molecule has 0 fully saturated rings. The largest absolute Gasteiger partial charge is 0.355 e. The van der Waals surface area contributed by atoms with E-state index in [1.54, 1.807) is 0 Å². The molecule has 4 N–H and O–H groups in total. The van der Waals surface area contributed by atoms with Crippen molar-refractivity contribution in [1.82, 2.24) is 10.6 Å². The van der Waals surface area contributed by atoms with Crippen molar-refractivity contribution in [2.75, 3.05) is 19.3 Å². The van der Waals surface area contributed by atoms with Crippen molar-refractivity contribution in [3.63, 3.8) is 0 Å². The molecule has 2 atom stereocenters. The number of nitrogens with one attached hydrogen (secondary N) is 2. The quantitative estimate of drug-likeness (QED) is 0.403. The SMILES string of the molecule is CCNC(=O)C(CCCCN)NC(=O)CP. The average molecular weight is 247 g/mol. The zero-order valence-electron chi connectivity index (χ0n) is 9.79. The van der Waals surface area contributed by atoms with Crippen LogP contribution in [0.15, 0.2) is 0 Å². The van der Waals surface area contributed by atoms with Crippen LogP contribution in [-0.2, 0) is 9.59 Å². The highest BCUT2D eigenvalue weighted by Crippen LogP contribution is 2.01. The number of unbranched alkanes of at least 4 members (excludes halogenated alkanes) is 1. The molecule has 94 valence electrons. The molecule has 0 aliphatic heterocycles. The number of amides is 2. The summed E-state index contributed by atoms with van der Waals surface area (Å²) in [5.74, 6) is -0.250. The van der Waals surface area contributed by atoms with E-state index in [2.05, 4.69) is 19.9 Å². The minimum Gasteiger partial charge on any atom is -0.355 e. The van der Waals surface area contributed by atoms with Gasteiger partial charge in [-0.05, 0) is 32.7 Å². The normalized spacial score (nSPS) is 11.9. The zero-order chi connectivity index (χ0) is 12.4. The van der Waals surface area contributed by atoms with E-state index in [4.69, 9.17) is 5.73 Å². The van der Waals surface area contributed by atoms with Gasteiger partial charge in [0, 0.05) is 12.7 Å². The Hall–Kier alpha value is -0.670. The van der Waals surface area contributed by atoms with Gasteiger partial charge >= 0.3 is 0 Å². The predicted molar refractivity (Wildman–Crippen MR) is 68.1 cm³/mol. The summed E-state index contributed by atoms with van der Waals surface area (Å²) < 4.78 is 0. The first kappa shape index (κ1) is 15.3. The maximum atomic E-state index is 11.6. The van der Waals surface area contributed by atoms with E-state index in [9.17, 15) is 9.59 Å². The second-order valence-electron chi connectivity index (χ2n) is 3.50. The van der Waals surface area contributed by atoms with Gasteiger partial charge in [0.05, 0.1) is 0 Å². The molecular formula is C10H22N3O2P. The van der Waals surface area contributed by atoms with E-state index in [-0.39, 0.29) is 11.8 Å². The first-order valence-corrected chi connectivity index (χ1v) is 6.44. The molecule has 0 aliphatic rings. The fourth-order valence-corrected chi connectivity index (χ4v) is 1.43. The number of hydrogen-bond donors (Lipinski definition) is 3. The Morgan fingerprint density at radius 2 is 2.06 bits per heavy atom. The molecule has 16 heavy (non-hydrogen) atoms.